The Hall–Kier alpha value is -2.37. The van der Waals surface area contributed by atoms with Gasteiger partial charge in [-0.1, -0.05) is 41.4 Å². The molecule has 2 aromatic carbocycles. The molecule has 0 unspecified atom stereocenters. The Morgan fingerprint density at radius 3 is 2.31 bits per heavy atom. The number of amides is 1. The second-order valence-electron chi connectivity index (χ2n) is 5.51. The van der Waals surface area contributed by atoms with Crippen LogP contribution in [0.2, 0.25) is 10.0 Å². The molecule has 0 atom stereocenters. The number of halogens is 2. The van der Waals surface area contributed by atoms with Crippen LogP contribution in [0.1, 0.15) is 13.8 Å². The number of carbonyl (C=O) groups excluding carboxylic acids is 1. The third-order valence-electron chi connectivity index (χ3n) is 3.96. The largest absolute Gasteiger partial charge is 0.416 e. The minimum Gasteiger partial charge on any atom is -0.390 e. The summed E-state index contributed by atoms with van der Waals surface area (Å²) in [6.45, 7) is 4.86. The molecular weight excluding hydrogens is 373 g/mol. The van der Waals surface area contributed by atoms with Crippen molar-refractivity contribution in [3.8, 4) is 17.3 Å². The molecule has 0 aliphatic heterocycles. The lowest BCUT2D eigenvalue weighted by molar-refractivity contribution is 0.156. The standard InChI is InChI=1S/C19H17Cl2N3O2/c1-3-24(4-2)19(25)26-18-12-8-5-6-11-15(12)22-17(23-18)16-13(20)9-7-10-14(16)21/h5-11H,3-4H2,1-2H3. The third kappa shape index (κ3) is 3.59. The number of hydrogen-bond acceptors (Lipinski definition) is 4. The van der Waals surface area contributed by atoms with E-state index in [1.807, 2.05) is 32.0 Å². The minimum absolute atomic E-state index is 0.179. The van der Waals surface area contributed by atoms with E-state index in [-0.39, 0.29) is 5.88 Å². The highest BCUT2D eigenvalue weighted by molar-refractivity contribution is 6.39. The third-order valence-corrected chi connectivity index (χ3v) is 4.59. The molecule has 0 bridgehead atoms. The van der Waals surface area contributed by atoms with Crippen molar-refractivity contribution in [2.75, 3.05) is 13.1 Å². The molecule has 0 saturated heterocycles. The van der Waals surface area contributed by atoms with Crippen LogP contribution in [0.3, 0.4) is 0 Å². The lowest BCUT2D eigenvalue weighted by atomic mass is 10.2. The summed E-state index contributed by atoms with van der Waals surface area (Å²) in [5.41, 5.74) is 1.14. The Balaban J connectivity index is 2.15. The average molecular weight is 390 g/mol. The fourth-order valence-electron chi connectivity index (χ4n) is 2.58. The fraction of sp³-hybridized carbons (Fsp3) is 0.211. The van der Waals surface area contributed by atoms with Crippen molar-refractivity contribution in [1.29, 1.82) is 0 Å². The summed E-state index contributed by atoms with van der Waals surface area (Å²) in [5, 5.41) is 1.49. The van der Waals surface area contributed by atoms with Gasteiger partial charge < -0.3 is 9.64 Å². The zero-order valence-electron chi connectivity index (χ0n) is 14.4. The van der Waals surface area contributed by atoms with Crippen LogP contribution in [0, 0.1) is 0 Å². The van der Waals surface area contributed by atoms with E-state index in [9.17, 15) is 4.79 Å². The summed E-state index contributed by atoms with van der Waals surface area (Å²) in [6.07, 6.45) is -0.463. The van der Waals surface area contributed by atoms with Crippen molar-refractivity contribution in [3.63, 3.8) is 0 Å². The Labute approximate surface area is 161 Å². The number of ether oxygens (including phenoxy) is 1. The first-order valence-corrected chi connectivity index (χ1v) is 8.98. The molecule has 3 rings (SSSR count). The maximum Gasteiger partial charge on any atom is 0.416 e. The van der Waals surface area contributed by atoms with Crippen molar-refractivity contribution in [3.05, 3.63) is 52.5 Å². The van der Waals surface area contributed by atoms with Crippen LogP contribution in [0.15, 0.2) is 42.5 Å². The van der Waals surface area contributed by atoms with Gasteiger partial charge >= 0.3 is 6.09 Å². The van der Waals surface area contributed by atoms with E-state index >= 15 is 0 Å². The van der Waals surface area contributed by atoms with Crippen molar-refractivity contribution >= 4 is 40.2 Å². The molecule has 1 heterocycles. The quantitative estimate of drug-likeness (QED) is 0.595. The molecule has 134 valence electrons. The van der Waals surface area contributed by atoms with E-state index in [2.05, 4.69) is 9.97 Å². The van der Waals surface area contributed by atoms with Gasteiger partial charge in [0.2, 0.25) is 5.88 Å². The van der Waals surface area contributed by atoms with E-state index in [0.29, 0.717) is 45.4 Å². The number of rotatable bonds is 4. The second-order valence-corrected chi connectivity index (χ2v) is 6.32. The highest BCUT2D eigenvalue weighted by Crippen LogP contribution is 2.35. The van der Waals surface area contributed by atoms with E-state index in [0.717, 1.165) is 0 Å². The summed E-state index contributed by atoms with van der Waals surface area (Å²) < 4.78 is 5.56. The number of aromatic nitrogens is 2. The van der Waals surface area contributed by atoms with Crippen LogP contribution in [0.25, 0.3) is 22.3 Å². The lowest BCUT2D eigenvalue weighted by Gasteiger charge is -2.18. The first-order chi connectivity index (χ1) is 12.5. The van der Waals surface area contributed by atoms with Crippen molar-refractivity contribution in [2.24, 2.45) is 0 Å². The van der Waals surface area contributed by atoms with Gasteiger partial charge in [0.15, 0.2) is 5.82 Å². The number of para-hydroxylation sites is 1. The van der Waals surface area contributed by atoms with Crippen LogP contribution in [-0.2, 0) is 0 Å². The smallest absolute Gasteiger partial charge is 0.390 e. The number of benzene rings is 2. The predicted molar refractivity (Wildman–Crippen MR) is 104 cm³/mol. The van der Waals surface area contributed by atoms with Crippen molar-refractivity contribution < 1.29 is 9.53 Å². The normalized spacial score (nSPS) is 10.8. The molecule has 26 heavy (non-hydrogen) atoms. The molecule has 1 aromatic heterocycles. The van der Waals surface area contributed by atoms with Gasteiger partial charge in [-0.25, -0.2) is 9.78 Å². The van der Waals surface area contributed by atoms with E-state index in [4.69, 9.17) is 27.9 Å². The molecule has 1 amide bonds. The number of nitrogens with zero attached hydrogens (tertiary/aromatic N) is 3. The number of carbonyl (C=O) groups is 1. The first-order valence-electron chi connectivity index (χ1n) is 8.23. The fourth-order valence-corrected chi connectivity index (χ4v) is 3.14. The van der Waals surface area contributed by atoms with Gasteiger partial charge in [-0.3, -0.25) is 0 Å². The van der Waals surface area contributed by atoms with Crippen LogP contribution in [0.4, 0.5) is 4.79 Å². The zero-order chi connectivity index (χ0) is 18.7. The minimum atomic E-state index is -0.463. The monoisotopic (exact) mass is 389 g/mol. The zero-order valence-corrected chi connectivity index (χ0v) is 15.9. The molecule has 0 aliphatic carbocycles. The van der Waals surface area contributed by atoms with Gasteiger partial charge in [-0.15, -0.1) is 0 Å². The maximum absolute atomic E-state index is 12.4. The van der Waals surface area contributed by atoms with Gasteiger partial charge in [0.05, 0.1) is 26.5 Å². The molecule has 0 saturated carbocycles. The molecule has 7 heteroatoms. The second kappa shape index (κ2) is 7.89. The van der Waals surface area contributed by atoms with Crippen molar-refractivity contribution in [1.82, 2.24) is 14.9 Å². The van der Waals surface area contributed by atoms with Gasteiger partial charge in [-0.2, -0.15) is 4.98 Å². The van der Waals surface area contributed by atoms with Gasteiger partial charge in [0.1, 0.15) is 0 Å². The lowest BCUT2D eigenvalue weighted by Crippen LogP contribution is -2.33. The van der Waals surface area contributed by atoms with E-state index in [1.54, 1.807) is 29.2 Å². The predicted octanol–water partition coefficient (Wildman–Crippen LogP) is 5.44. The van der Waals surface area contributed by atoms with Crippen LogP contribution < -0.4 is 4.74 Å². The van der Waals surface area contributed by atoms with Crippen molar-refractivity contribution in [2.45, 2.75) is 13.8 Å². The molecule has 0 aliphatic rings. The van der Waals surface area contributed by atoms with Gasteiger partial charge in [-0.05, 0) is 38.1 Å². The molecule has 0 spiro atoms. The Morgan fingerprint density at radius 2 is 1.65 bits per heavy atom. The molecule has 0 radical (unpaired) electrons. The number of hydrogen-bond donors (Lipinski definition) is 0. The highest BCUT2D eigenvalue weighted by atomic mass is 35.5. The van der Waals surface area contributed by atoms with Crippen LogP contribution in [0.5, 0.6) is 5.88 Å². The van der Waals surface area contributed by atoms with Gasteiger partial charge in [0, 0.05) is 13.1 Å². The Morgan fingerprint density at radius 1 is 1.00 bits per heavy atom. The summed E-state index contributed by atoms with van der Waals surface area (Å²) in [6, 6.07) is 12.5. The van der Waals surface area contributed by atoms with E-state index in [1.165, 1.54) is 0 Å². The summed E-state index contributed by atoms with van der Waals surface area (Å²) >= 11 is 12.6. The molecule has 0 fully saturated rings. The highest BCUT2D eigenvalue weighted by Gasteiger charge is 2.19. The van der Waals surface area contributed by atoms with Crippen LogP contribution in [-0.4, -0.2) is 34.1 Å². The summed E-state index contributed by atoms with van der Waals surface area (Å²) in [7, 11) is 0. The van der Waals surface area contributed by atoms with Gasteiger partial charge in [0.25, 0.3) is 0 Å². The summed E-state index contributed by atoms with van der Waals surface area (Å²) in [4.78, 5) is 22.9. The maximum atomic E-state index is 12.4. The molecule has 0 N–H and O–H groups in total. The molecule has 3 aromatic rings. The van der Waals surface area contributed by atoms with Crippen LogP contribution >= 0.6 is 23.2 Å². The van der Waals surface area contributed by atoms with E-state index < -0.39 is 6.09 Å². The molecule has 5 nitrogen and oxygen atoms in total. The number of fused-ring (bicyclic) bond motifs is 1. The Kier molecular flexibility index (Phi) is 5.59. The SMILES string of the molecule is CCN(CC)C(=O)Oc1nc(-c2c(Cl)cccc2Cl)nc2ccccc12. The average Bonchev–Trinajstić information content (AvgIpc) is 2.62. The topological polar surface area (TPSA) is 55.3 Å². The summed E-state index contributed by atoms with van der Waals surface area (Å²) in [5.74, 6) is 0.486. The molecular formula is C19H17Cl2N3O2. The first kappa shape index (κ1) is 18.4. The Bertz CT molecular complexity index is 938.